The van der Waals surface area contributed by atoms with Crippen molar-refractivity contribution < 1.29 is 10.2 Å². The molecular weight excluding hydrogens is 274 g/mol. The van der Waals surface area contributed by atoms with Crippen LogP contribution >= 0.6 is 11.6 Å². The standard InChI is InChI=1S/C16H24ClNO2/c1-2-16(12-19)7-9-18(10-8-16)11-15(20)13-3-5-14(17)6-4-13/h3-6,15,19-20H,2,7-12H2,1H3. The molecule has 3 nitrogen and oxygen atoms in total. The molecule has 0 amide bonds. The summed E-state index contributed by atoms with van der Waals surface area (Å²) >= 11 is 5.86. The molecule has 20 heavy (non-hydrogen) atoms. The van der Waals surface area contributed by atoms with E-state index in [0.717, 1.165) is 37.9 Å². The van der Waals surface area contributed by atoms with Crippen LogP contribution in [0.15, 0.2) is 24.3 Å². The van der Waals surface area contributed by atoms with Gasteiger partial charge in [-0.05, 0) is 55.5 Å². The minimum absolute atomic E-state index is 0.0989. The first-order valence-corrected chi connectivity index (χ1v) is 7.73. The van der Waals surface area contributed by atoms with Gasteiger partial charge in [0.1, 0.15) is 0 Å². The van der Waals surface area contributed by atoms with E-state index >= 15 is 0 Å². The first-order valence-electron chi connectivity index (χ1n) is 7.35. The van der Waals surface area contributed by atoms with Gasteiger partial charge in [-0.3, -0.25) is 0 Å². The summed E-state index contributed by atoms with van der Waals surface area (Å²) in [5.41, 5.74) is 1.01. The van der Waals surface area contributed by atoms with Crippen molar-refractivity contribution in [2.75, 3.05) is 26.2 Å². The molecule has 1 saturated heterocycles. The number of hydrogen-bond acceptors (Lipinski definition) is 3. The van der Waals surface area contributed by atoms with E-state index in [-0.39, 0.29) is 12.0 Å². The van der Waals surface area contributed by atoms with Gasteiger partial charge in [-0.1, -0.05) is 30.7 Å². The summed E-state index contributed by atoms with van der Waals surface area (Å²) in [5, 5.41) is 20.5. The molecule has 1 aliphatic heterocycles. The normalized spacial score (nSPS) is 20.8. The third-order valence-corrected chi connectivity index (χ3v) is 4.94. The highest BCUT2D eigenvalue weighted by Gasteiger charge is 2.32. The number of aliphatic hydroxyl groups excluding tert-OH is 2. The molecule has 0 spiro atoms. The third-order valence-electron chi connectivity index (χ3n) is 4.69. The maximum absolute atomic E-state index is 10.3. The van der Waals surface area contributed by atoms with E-state index in [1.807, 2.05) is 24.3 Å². The summed E-state index contributed by atoms with van der Waals surface area (Å²) in [7, 11) is 0. The first kappa shape index (κ1) is 15.8. The van der Waals surface area contributed by atoms with Crippen LogP contribution in [0.2, 0.25) is 5.02 Å². The highest BCUT2D eigenvalue weighted by Crippen LogP contribution is 2.34. The average Bonchev–Trinajstić information content (AvgIpc) is 2.49. The predicted molar refractivity (Wildman–Crippen MR) is 81.9 cm³/mol. The number of β-amino-alcohol motifs (C(OH)–C–C–N with tert-alkyl or cyclic N) is 1. The van der Waals surface area contributed by atoms with Crippen molar-refractivity contribution in [1.29, 1.82) is 0 Å². The van der Waals surface area contributed by atoms with Crippen LogP contribution in [0.5, 0.6) is 0 Å². The van der Waals surface area contributed by atoms with Crippen molar-refractivity contribution in [1.82, 2.24) is 4.90 Å². The molecule has 1 aromatic carbocycles. The Morgan fingerprint density at radius 1 is 1.25 bits per heavy atom. The van der Waals surface area contributed by atoms with E-state index < -0.39 is 6.10 Å². The van der Waals surface area contributed by atoms with E-state index in [1.54, 1.807) is 0 Å². The zero-order valence-electron chi connectivity index (χ0n) is 12.1. The number of nitrogens with zero attached hydrogens (tertiary/aromatic N) is 1. The van der Waals surface area contributed by atoms with Gasteiger partial charge in [0.05, 0.1) is 6.10 Å². The molecule has 2 N–H and O–H groups in total. The molecule has 1 heterocycles. The molecule has 1 aliphatic rings. The van der Waals surface area contributed by atoms with Crippen LogP contribution in [0, 0.1) is 5.41 Å². The minimum atomic E-state index is -0.476. The molecule has 1 atom stereocenters. The van der Waals surface area contributed by atoms with E-state index in [9.17, 15) is 10.2 Å². The lowest BCUT2D eigenvalue weighted by atomic mass is 9.77. The van der Waals surface area contributed by atoms with E-state index in [1.165, 1.54) is 0 Å². The zero-order valence-corrected chi connectivity index (χ0v) is 12.8. The van der Waals surface area contributed by atoms with Crippen LogP contribution in [0.4, 0.5) is 0 Å². The molecule has 1 aromatic rings. The Balaban J connectivity index is 1.87. The van der Waals surface area contributed by atoms with E-state index in [4.69, 9.17) is 11.6 Å². The van der Waals surface area contributed by atoms with Gasteiger partial charge in [0.15, 0.2) is 0 Å². The van der Waals surface area contributed by atoms with Gasteiger partial charge < -0.3 is 15.1 Å². The van der Waals surface area contributed by atoms with Crippen molar-refractivity contribution >= 4 is 11.6 Å². The number of piperidine rings is 1. The fourth-order valence-corrected chi connectivity index (χ4v) is 2.99. The van der Waals surface area contributed by atoms with Crippen molar-refractivity contribution in [3.05, 3.63) is 34.9 Å². The number of aliphatic hydroxyl groups is 2. The average molecular weight is 298 g/mol. The van der Waals surface area contributed by atoms with Crippen molar-refractivity contribution in [2.24, 2.45) is 5.41 Å². The van der Waals surface area contributed by atoms with Gasteiger partial charge in [-0.2, -0.15) is 0 Å². The first-order chi connectivity index (χ1) is 9.58. The van der Waals surface area contributed by atoms with Gasteiger partial charge in [0.2, 0.25) is 0 Å². The van der Waals surface area contributed by atoms with Gasteiger partial charge in [0, 0.05) is 18.2 Å². The highest BCUT2D eigenvalue weighted by atomic mass is 35.5. The summed E-state index contributed by atoms with van der Waals surface area (Å²) in [5.74, 6) is 0. The molecule has 0 bridgehead atoms. The Morgan fingerprint density at radius 2 is 1.85 bits per heavy atom. The molecular formula is C16H24ClNO2. The third kappa shape index (κ3) is 3.73. The van der Waals surface area contributed by atoms with Crippen LogP contribution in [0.3, 0.4) is 0 Å². The highest BCUT2D eigenvalue weighted by molar-refractivity contribution is 6.30. The maximum atomic E-state index is 10.3. The largest absolute Gasteiger partial charge is 0.396 e. The number of halogens is 1. The van der Waals surface area contributed by atoms with Crippen molar-refractivity contribution in [3.63, 3.8) is 0 Å². The number of likely N-dealkylation sites (tertiary alicyclic amines) is 1. The minimum Gasteiger partial charge on any atom is -0.396 e. The fourth-order valence-electron chi connectivity index (χ4n) is 2.87. The number of rotatable bonds is 5. The molecule has 0 radical (unpaired) electrons. The van der Waals surface area contributed by atoms with Crippen molar-refractivity contribution in [3.8, 4) is 0 Å². The molecule has 0 aromatic heterocycles. The maximum Gasteiger partial charge on any atom is 0.0916 e. The van der Waals surface area contributed by atoms with Crippen LogP contribution < -0.4 is 0 Å². The molecule has 4 heteroatoms. The van der Waals surface area contributed by atoms with Gasteiger partial charge >= 0.3 is 0 Å². The van der Waals surface area contributed by atoms with Gasteiger partial charge in [-0.15, -0.1) is 0 Å². The molecule has 0 aliphatic carbocycles. The Kier molecular flexibility index (Phi) is 5.44. The second kappa shape index (κ2) is 6.90. The van der Waals surface area contributed by atoms with Crippen LogP contribution in [-0.2, 0) is 0 Å². The second-order valence-electron chi connectivity index (χ2n) is 5.88. The summed E-state index contributed by atoms with van der Waals surface area (Å²) in [4.78, 5) is 2.28. The summed E-state index contributed by atoms with van der Waals surface area (Å²) in [6.45, 7) is 4.95. The molecule has 1 unspecified atom stereocenters. The lowest BCUT2D eigenvalue weighted by molar-refractivity contribution is 0.0215. The molecule has 1 fully saturated rings. The Morgan fingerprint density at radius 3 is 2.35 bits per heavy atom. The number of benzene rings is 1. The van der Waals surface area contributed by atoms with Crippen molar-refractivity contribution in [2.45, 2.75) is 32.3 Å². The Hall–Kier alpha value is -0.610. The van der Waals surface area contributed by atoms with Crippen LogP contribution in [0.25, 0.3) is 0 Å². The summed E-state index contributed by atoms with van der Waals surface area (Å²) < 4.78 is 0. The zero-order chi connectivity index (χ0) is 14.6. The summed E-state index contributed by atoms with van der Waals surface area (Å²) in [6, 6.07) is 7.37. The lowest BCUT2D eigenvalue weighted by Crippen LogP contribution is -2.43. The fraction of sp³-hybridized carbons (Fsp3) is 0.625. The SMILES string of the molecule is CCC1(CO)CCN(CC(O)c2ccc(Cl)cc2)CC1. The topological polar surface area (TPSA) is 43.7 Å². The number of hydrogen-bond donors (Lipinski definition) is 2. The molecule has 2 rings (SSSR count). The van der Waals surface area contributed by atoms with E-state index in [0.29, 0.717) is 11.6 Å². The van der Waals surface area contributed by atoms with Gasteiger partial charge in [0.25, 0.3) is 0 Å². The smallest absolute Gasteiger partial charge is 0.0916 e. The van der Waals surface area contributed by atoms with E-state index in [2.05, 4.69) is 11.8 Å². The predicted octanol–water partition coefficient (Wildman–Crippen LogP) is 2.86. The van der Waals surface area contributed by atoms with Crippen LogP contribution in [-0.4, -0.2) is 41.4 Å². The van der Waals surface area contributed by atoms with Crippen LogP contribution in [0.1, 0.15) is 37.9 Å². The molecule has 112 valence electrons. The Labute approximate surface area is 126 Å². The summed E-state index contributed by atoms with van der Waals surface area (Å²) in [6.07, 6.45) is 2.56. The van der Waals surface area contributed by atoms with Gasteiger partial charge in [-0.25, -0.2) is 0 Å². The monoisotopic (exact) mass is 297 g/mol. The quantitative estimate of drug-likeness (QED) is 0.878. The second-order valence-corrected chi connectivity index (χ2v) is 6.32. The molecule has 0 saturated carbocycles. The lowest BCUT2D eigenvalue weighted by Gasteiger charge is -2.40. The Bertz CT molecular complexity index is 407.